The SMILES string of the molecule is CCCC(C)n1ccnc1/C=C/C=C/C(=O)/C=C/c1nccn1C(C)CCC. The molecule has 0 N–H and O–H groups in total. The molecular weight excluding hydrogens is 348 g/mol. The first-order valence-electron chi connectivity index (χ1n) is 10.2. The number of rotatable bonds is 11. The summed E-state index contributed by atoms with van der Waals surface area (Å²) in [7, 11) is 0. The van der Waals surface area contributed by atoms with E-state index in [-0.39, 0.29) is 5.78 Å². The van der Waals surface area contributed by atoms with Gasteiger partial charge in [0.1, 0.15) is 11.6 Å². The highest BCUT2D eigenvalue weighted by molar-refractivity contribution is 6.01. The predicted molar refractivity (Wildman–Crippen MR) is 116 cm³/mol. The zero-order valence-electron chi connectivity index (χ0n) is 17.5. The van der Waals surface area contributed by atoms with Crippen LogP contribution in [0.15, 0.2) is 49.1 Å². The second-order valence-electron chi connectivity index (χ2n) is 7.11. The van der Waals surface area contributed by atoms with E-state index in [2.05, 4.69) is 46.8 Å². The molecule has 0 bridgehead atoms. The Kier molecular flexibility index (Phi) is 8.66. The third-order valence-corrected chi connectivity index (χ3v) is 4.77. The molecule has 0 aliphatic rings. The zero-order chi connectivity index (χ0) is 20.4. The summed E-state index contributed by atoms with van der Waals surface area (Å²) in [6.45, 7) is 8.71. The fraction of sp³-hybridized carbons (Fsp3) is 0.435. The summed E-state index contributed by atoms with van der Waals surface area (Å²) in [6, 6.07) is 0.791. The van der Waals surface area contributed by atoms with Crippen LogP contribution in [0.3, 0.4) is 0 Å². The molecule has 0 aliphatic heterocycles. The Labute approximate surface area is 168 Å². The molecule has 2 unspecified atom stereocenters. The zero-order valence-corrected chi connectivity index (χ0v) is 17.5. The van der Waals surface area contributed by atoms with Crippen molar-refractivity contribution >= 4 is 17.9 Å². The van der Waals surface area contributed by atoms with Crippen LogP contribution in [-0.2, 0) is 4.79 Å². The highest BCUT2D eigenvalue weighted by Gasteiger charge is 2.07. The molecule has 2 atom stereocenters. The normalized spacial score (nSPS) is 14.4. The number of allylic oxidation sites excluding steroid dienone is 4. The van der Waals surface area contributed by atoms with Crippen LogP contribution in [0.5, 0.6) is 0 Å². The van der Waals surface area contributed by atoms with E-state index in [1.165, 1.54) is 0 Å². The molecule has 150 valence electrons. The highest BCUT2D eigenvalue weighted by atomic mass is 16.1. The van der Waals surface area contributed by atoms with Crippen LogP contribution in [0.1, 0.15) is 77.1 Å². The third kappa shape index (κ3) is 6.19. The van der Waals surface area contributed by atoms with E-state index in [1.807, 2.05) is 30.7 Å². The van der Waals surface area contributed by atoms with Crippen LogP contribution >= 0.6 is 0 Å². The van der Waals surface area contributed by atoms with Crippen molar-refractivity contribution in [1.82, 2.24) is 19.1 Å². The van der Waals surface area contributed by atoms with Gasteiger partial charge in [0.05, 0.1) is 0 Å². The molecule has 2 aromatic heterocycles. The van der Waals surface area contributed by atoms with E-state index in [4.69, 9.17) is 0 Å². The smallest absolute Gasteiger partial charge is 0.178 e. The van der Waals surface area contributed by atoms with Gasteiger partial charge in [-0.05, 0) is 51.0 Å². The Bertz CT molecular complexity index is 825. The monoisotopic (exact) mass is 380 g/mol. The Hall–Kier alpha value is -2.69. The van der Waals surface area contributed by atoms with Gasteiger partial charge in [-0.2, -0.15) is 0 Å². The standard InChI is InChI=1S/C23H32N4O/c1-5-9-19(3)26-17-15-24-22(26)12-8-7-11-21(28)13-14-23-25-16-18-27(23)20(4)10-6-2/h7-8,11-20H,5-6,9-10H2,1-4H3/b11-7+,12-8+,14-13+. The summed E-state index contributed by atoms with van der Waals surface area (Å²) in [5, 5.41) is 0. The molecule has 0 aliphatic carbocycles. The Balaban J connectivity index is 1.95. The predicted octanol–water partition coefficient (Wildman–Crippen LogP) is 5.65. The van der Waals surface area contributed by atoms with Crippen LogP contribution < -0.4 is 0 Å². The first-order valence-corrected chi connectivity index (χ1v) is 10.2. The molecule has 0 amide bonds. The number of hydrogen-bond donors (Lipinski definition) is 0. The number of nitrogens with zero attached hydrogens (tertiary/aromatic N) is 4. The van der Waals surface area contributed by atoms with Crippen molar-refractivity contribution in [3.8, 4) is 0 Å². The van der Waals surface area contributed by atoms with Crippen molar-refractivity contribution in [1.29, 1.82) is 0 Å². The Morgan fingerprint density at radius 1 is 0.893 bits per heavy atom. The van der Waals surface area contributed by atoms with Gasteiger partial charge >= 0.3 is 0 Å². The fourth-order valence-corrected chi connectivity index (χ4v) is 3.27. The largest absolute Gasteiger partial charge is 0.329 e. The number of carbonyl (C=O) groups excluding carboxylic acids is 1. The van der Waals surface area contributed by atoms with E-state index in [0.29, 0.717) is 12.1 Å². The van der Waals surface area contributed by atoms with Crippen molar-refractivity contribution in [3.63, 3.8) is 0 Å². The van der Waals surface area contributed by atoms with Crippen molar-refractivity contribution < 1.29 is 4.79 Å². The van der Waals surface area contributed by atoms with Crippen LogP contribution in [-0.4, -0.2) is 24.9 Å². The maximum atomic E-state index is 12.1. The van der Waals surface area contributed by atoms with Gasteiger partial charge in [-0.25, -0.2) is 9.97 Å². The lowest BCUT2D eigenvalue weighted by molar-refractivity contribution is -0.110. The van der Waals surface area contributed by atoms with E-state index in [0.717, 1.165) is 37.3 Å². The van der Waals surface area contributed by atoms with Crippen LogP contribution in [0.25, 0.3) is 12.2 Å². The fourth-order valence-electron chi connectivity index (χ4n) is 3.27. The molecule has 0 aromatic carbocycles. The molecule has 0 saturated carbocycles. The molecule has 2 heterocycles. The molecule has 5 heteroatoms. The molecule has 0 fully saturated rings. The van der Waals surface area contributed by atoms with Gasteiger partial charge in [0, 0.05) is 36.9 Å². The van der Waals surface area contributed by atoms with E-state index >= 15 is 0 Å². The second-order valence-corrected chi connectivity index (χ2v) is 7.11. The summed E-state index contributed by atoms with van der Waals surface area (Å²) in [5.41, 5.74) is 0. The molecular formula is C23H32N4O. The van der Waals surface area contributed by atoms with Crippen molar-refractivity contribution in [2.24, 2.45) is 0 Å². The summed E-state index contributed by atoms with van der Waals surface area (Å²) in [5.74, 6) is 1.65. The number of carbonyl (C=O) groups is 1. The molecule has 0 radical (unpaired) electrons. The molecule has 2 aromatic rings. The van der Waals surface area contributed by atoms with E-state index in [9.17, 15) is 4.79 Å². The minimum absolute atomic E-state index is 0.0648. The minimum Gasteiger partial charge on any atom is -0.329 e. The van der Waals surface area contributed by atoms with Crippen molar-refractivity contribution in [3.05, 3.63) is 60.7 Å². The first kappa shape index (κ1) is 21.6. The maximum Gasteiger partial charge on any atom is 0.178 e. The van der Waals surface area contributed by atoms with Crippen LogP contribution in [0.4, 0.5) is 0 Å². The average Bonchev–Trinajstić information content (AvgIpc) is 3.33. The molecule has 0 saturated heterocycles. The van der Waals surface area contributed by atoms with Gasteiger partial charge in [-0.3, -0.25) is 4.79 Å². The second kappa shape index (κ2) is 11.2. The lowest BCUT2D eigenvalue weighted by atomic mass is 10.2. The van der Waals surface area contributed by atoms with Crippen molar-refractivity contribution in [2.45, 2.75) is 65.5 Å². The van der Waals surface area contributed by atoms with Crippen molar-refractivity contribution in [2.75, 3.05) is 0 Å². The van der Waals surface area contributed by atoms with Gasteiger partial charge < -0.3 is 9.13 Å². The van der Waals surface area contributed by atoms with Gasteiger partial charge in [-0.1, -0.05) is 38.8 Å². The maximum absolute atomic E-state index is 12.1. The van der Waals surface area contributed by atoms with Gasteiger partial charge in [0.25, 0.3) is 0 Å². The number of imidazole rings is 2. The Morgan fingerprint density at radius 2 is 1.43 bits per heavy atom. The van der Waals surface area contributed by atoms with E-state index < -0.39 is 0 Å². The summed E-state index contributed by atoms with van der Waals surface area (Å²) in [6.07, 6.45) is 22.4. The van der Waals surface area contributed by atoms with Gasteiger partial charge in [0.2, 0.25) is 0 Å². The van der Waals surface area contributed by atoms with Crippen LogP contribution in [0.2, 0.25) is 0 Å². The number of ketones is 1. The quantitative estimate of drug-likeness (QED) is 0.374. The topological polar surface area (TPSA) is 52.7 Å². The number of aromatic nitrogens is 4. The summed E-state index contributed by atoms with van der Waals surface area (Å²) in [4.78, 5) is 20.8. The molecule has 5 nitrogen and oxygen atoms in total. The lowest BCUT2D eigenvalue weighted by Crippen LogP contribution is -2.05. The summed E-state index contributed by atoms with van der Waals surface area (Å²) >= 11 is 0. The van der Waals surface area contributed by atoms with Gasteiger partial charge in [-0.15, -0.1) is 0 Å². The average molecular weight is 381 g/mol. The Morgan fingerprint density at radius 3 is 1.96 bits per heavy atom. The molecule has 2 rings (SSSR count). The molecule has 0 spiro atoms. The van der Waals surface area contributed by atoms with E-state index in [1.54, 1.807) is 30.5 Å². The van der Waals surface area contributed by atoms with Gasteiger partial charge in [0.15, 0.2) is 5.78 Å². The lowest BCUT2D eigenvalue weighted by Gasteiger charge is -2.13. The first-order chi connectivity index (χ1) is 13.6. The summed E-state index contributed by atoms with van der Waals surface area (Å²) < 4.78 is 4.26. The highest BCUT2D eigenvalue weighted by Crippen LogP contribution is 2.16. The molecule has 28 heavy (non-hydrogen) atoms. The van der Waals surface area contributed by atoms with Crippen LogP contribution in [0, 0.1) is 0 Å². The number of hydrogen-bond acceptors (Lipinski definition) is 3. The minimum atomic E-state index is -0.0648. The third-order valence-electron chi connectivity index (χ3n) is 4.77.